The van der Waals surface area contributed by atoms with Gasteiger partial charge in [0, 0.05) is 57.1 Å². The van der Waals surface area contributed by atoms with Gasteiger partial charge in [-0.05, 0) is 43.2 Å². The van der Waals surface area contributed by atoms with Crippen LogP contribution < -0.4 is 4.90 Å². The molecule has 30 heavy (non-hydrogen) atoms. The lowest BCUT2D eigenvalue weighted by Crippen LogP contribution is -2.56. The van der Waals surface area contributed by atoms with E-state index in [0.29, 0.717) is 25.2 Å². The van der Waals surface area contributed by atoms with Gasteiger partial charge in [0.15, 0.2) is 11.6 Å². The van der Waals surface area contributed by atoms with Crippen LogP contribution in [0.1, 0.15) is 23.2 Å². The SMILES string of the molecule is O=C(c1cc(F)c(F)cc1F)N1CCCC(N2CCN(c3ccc(F)cc3)CC2)C1. The molecule has 1 atom stereocenters. The van der Waals surface area contributed by atoms with E-state index >= 15 is 0 Å². The zero-order valence-electron chi connectivity index (χ0n) is 16.5. The molecule has 1 amide bonds. The largest absolute Gasteiger partial charge is 0.369 e. The van der Waals surface area contributed by atoms with Crippen molar-refractivity contribution < 1.29 is 22.4 Å². The maximum Gasteiger partial charge on any atom is 0.256 e. The predicted octanol–water partition coefficient (Wildman–Crippen LogP) is 3.67. The van der Waals surface area contributed by atoms with Gasteiger partial charge in [0.2, 0.25) is 0 Å². The first-order valence-corrected chi connectivity index (χ1v) is 10.1. The van der Waals surface area contributed by atoms with Gasteiger partial charge in [0.05, 0.1) is 5.56 Å². The van der Waals surface area contributed by atoms with Crippen molar-refractivity contribution in [1.82, 2.24) is 9.80 Å². The van der Waals surface area contributed by atoms with Crippen molar-refractivity contribution in [3.05, 3.63) is 65.2 Å². The molecule has 160 valence electrons. The highest BCUT2D eigenvalue weighted by atomic mass is 19.2. The smallest absolute Gasteiger partial charge is 0.256 e. The van der Waals surface area contributed by atoms with Gasteiger partial charge in [-0.2, -0.15) is 0 Å². The molecule has 2 aliphatic rings. The lowest BCUT2D eigenvalue weighted by molar-refractivity contribution is 0.0558. The summed E-state index contributed by atoms with van der Waals surface area (Å²) < 4.78 is 53.8. The molecule has 4 rings (SSSR count). The molecule has 0 N–H and O–H groups in total. The molecule has 4 nitrogen and oxygen atoms in total. The highest BCUT2D eigenvalue weighted by molar-refractivity contribution is 5.94. The van der Waals surface area contributed by atoms with E-state index in [2.05, 4.69) is 9.80 Å². The normalized spacial score (nSPS) is 20.5. The number of rotatable bonds is 3. The van der Waals surface area contributed by atoms with Crippen LogP contribution in [-0.4, -0.2) is 61.0 Å². The Morgan fingerprint density at radius 3 is 2.20 bits per heavy atom. The fraction of sp³-hybridized carbons (Fsp3) is 0.409. The van der Waals surface area contributed by atoms with Gasteiger partial charge in [0.25, 0.3) is 5.91 Å². The van der Waals surface area contributed by atoms with Crippen molar-refractivity contribution in [3.63, 3.8) is 0 Å². The van der Waals surface area contributed by atoms with Gasteiger partial charge < -0.3 is 9.80 Å². The van der Waals surface area contributed by atoms with Gasteiger partial charge in [-0.15, -0.1) is 0 Å². The van der Waals surface area contributed by atoms with E-state index in [1.807, 2.05) is 0 Å². The molecule has 2 aromatic rings. The summed E-state index contributed by atoms with van der Waals surface area (Å²) in [5, 5.41) is 0. The molecule has 2 fully saturated rings. The number of halogens is 4. The molecule has 0 saturated carbocycles. The minimum Gasteiger partial charge on any atom is -0.369 e. The Morgan fingerprint density at radius 2 is 1.50 bits per heavy atom. The van der Waals surface area contributed by atoms with E-state index in [1.165, 1.54) is 17.0 Å². The maximum atomic E-state index is 14.0. The summed E-state index contributed by atoms with van der Waals surface area (Å²) in [6, 6.07) is 7.61. The summed E-state index contributed by atoms with van der Waals surface area (Å²) >= 11 is 0. The topological polar surface area (TPSA) is 26.8 Å². The Morgan fingerprint density at radius 1 is 0.833 bits per heavy atom. The molecule has 0 spiro atoms. The van der Waals surface area contributed by atoms with Crippen molar-refractivity contribution in [1.29, 1.82) is 0 Å². The van der Waals surface area contributed by atoms with Gasteiger partial charge >= 0.3 is 0 Å². The van der Waals surface area contributed by atoms with Crippen molar-refractivity contribution in [2.24, 2.45) is 0 Å². The van der Waals surface area contributed by atoms with Crippen molar-refractivity contribution in [3.8, 4) is 0 Å². The van der Waals surface area contributed by atoms with Crippen LogP contribution in [0.25, 0.3) is 0 Å². The molecule has 0 radical (unpaired) electrons. The number of carbonyl (C=O) groups is 1. The van der Waals surface area contributed by atoms with E-state index in [1.54, 1.807) is 12.1 Å². The Balaban J connectivity index is 1.38. The van der Waals surface area contributed by atoms with Crippen LogP contribution in [0, 0.1) is 23.3 Å². The molecule has 1 unspecified atom stereocenters. The molecule has 2 saturated heterocycles. The van der Waals surface area contributed by atoms with E-state index in [0.717, 1.165) is 44.7 Å². The summed E-state index contributed by atoms with van der Waals surface area (Å²) in [6.45, 7) is 4.05. The number of piperazine rings is 1. The van der Waals surface area contributed by atoms with Gasteiger partial charge in [0.1, 0.15) is 11.6 Å². The Bertz CT molecular complexity index is 913. The second-order valence-electron chi connectivity index (χ2n) is 7.79. The second kappa shape index (κ2) is 8.63. The van der Waals surface area contributed by atoms with Crippen molar-refractivity contribution >= 4 is 11.6 Å². The Hall–Kier alpha value is -2.61. The van der Waals surface area contributed by atoms with E-state index in [4.69, 9.17) is 0 Å². The van der Waals surface area contributed by atoms with Crippen LogP contribution in [0.15, 0.2) is 36.4 Å². The number of carbonyl (C=O) groups excluding carboxylic acids is 1. The Kier molecular flexibility index (Phi) is 5.94. The third-order valence-electron chi connectivity index (χ3n) is 5.95. The lowest BCUT2D eigenvalue weighted by atomic mass is 10.0. The number of hydrogen-bond donors (Lipinski definition) is 0. The third-order valence-corrected chi connectivity index (χ3v) is 5.95. The number of anilines is 1. The van der Waals surface area contributed by atoms with Crippen LogP contribution in [-0.2, 0) is 0 Å². The molecule has 2 aliphatic heterocycles. The van der Waals surface area contributed by atoms with Crippen LogP contribution in [0.3, 0.4) is 0 Å². The highest BCUT2D eigenvalue weighted by Gasteiger charge is 2.31. The number of hydrogen-bond acceptors (Lipinski definition) is 3. The van der Waals surface area contributed by atoms with Crippen molar-refractivity contribution in [2.45, 2.75) is 18.9 Å². The van der Waals surface area contributed by atoms with Crippen LogP contribution in [0.5, 0.6) is 0 Å². The molecular formula is C22H23F4N3O. The second-order valence-corrected chi connectivity index (χ2v) is 7.79. The number of piperidine rings is 1. The summed E-state index contributed by atoms with van der Waals surface area (Å²) in [4.78, 5) is 18.7. The molecule has 8 heteroatoms. The first-order valence-electron chi connectivity index (χ1n) is 10.1. The molecule has 0 aromatic heterocycles. The third kappa shape index (κ3) is 4.28. The fourth-order valence-corrected chi connectivity index (χ4v) is 4.29. The monoisotopic (exact) mass is 421 g/mol. The summed E-state index contributed by atoms with van der Waals surface area (Å²) in [7, 11) is 0. The van der Waals surface area contributed by atoms with Gasteiger partial charge in [-0.1, -0.05) is 0 Å². The molecule has 0 bridgehead atoms. The van der Waals surface area contributed by atoms with Crippen LogP contribution >= 0.6 is 0 Å². The number of amides is 1. The summed E-state index contributed by atoms with van der Waals surface area (Å²) in [5.74, 6) is -4.46. The molecular weight excluding hydrogens is 398 g/mol. The average Bonchev–Trinajstić information content (AvgIpc) is 2.76. The van der Waals surface area contributed by atoms with Crippen LogP contribution in [0.4, 0.5) is 23.2 Å². The fourth-order valence-electron chi connectivity index (χ4n) is 4.29. The number of nitrogens with zero attached hydrogens (tertiary/aromatic N) is 3. The van der Waals surface area contributed by atoms with E-state index in [9.17, 15) is 22.4 Å². The van der Waals surface area contributed by atoms with Crippen LogP contribution in [0.2, 0.25) is 0 Å². The predicted molar refractivity (Wildman–Crippen MR) is 105 cm³/mol. The molecule has 0 aliphatic carbocycles. The van der Waals surface area contributed by atoms with E-state index in [-0.39, 0.29) is 11.9 Å². The average molecular weight is 421 g/mol. The zero-order valence-corrected chi connectivity index (χ0v) is 16.5. The summed E-state index contributed by atoms with van der Waals surface area (Å²) in [5.41, 5.74) is 0.543. The molecule has 2 aromatic carbocycles. The quantitative estimate of drug-likeness (QED) is 0.559. The van der Waals surface area contributed by atoms with Gasteiger partial charge in [-0.3, -0.25) is 9.69 Å². The minimum atomic E-state index is -1.31. The first kappa shape index (κ1) is 20.7. The number of benzene rings is 2. The standard InChI is InChI=1S/C22H23F4N3O/c23-15-3-5-16(6-4-15)27-8-10-28(11-9-27)17-2-1-7-29(14-17)22(30)18-12-20(25)21(26)13-19(18)24/h3-6,12-13,17H,1-2,7-11,14H2. The highest BCUT2D eigenvalue weighted by Crippen LogP contribution is 2.23. The van der Waals surface area contributed by atoms with Gasteiger partial charge in [-0.25, -0.2) is 17.6 Å². The first-order chi connectivity index (χ1) is 14.4. The summed E-state index contributed by atoms with van der Waals surface area (Å²) in [6.07, 6.45) is 1.68. The Labute approximate surface area is 172 Å². The molecule has 2 heterocycles. The maximum absolute atomic E-state index is 14.0. The lowest BCUT2D eigenvalue weighted by Gasteiger charge is -2.44. The number of likely N-dealkylation sites (tertiary alicyclic amines) is 1. The van der Waals surface area contributed by atoms with Crippen molar-refractivity contribution in [2.75, 3.05) is 44.2 Å². The zero-order chi connectivity index (χ0) is 21.3. The van der Waals surface area contributed by atoms with E-state index < -0.39 is 28.9 Å². The minimum absolute atomic E-state index is 0.131.